The predicted molar refractivity (Wildman–Crippen MR) is 76.6 cm³/mol. The molecule has 2 rings (SSSR count). The van der Waals surface area contributed by atoms with Gasteiger partial charge in [-0.1, -0.05) is 39.0 Å². The van der Waals surface area contributed by atoms with Gasteiger partial charge in [0, 0.05) is 6.04 Å². The summed E-state index contributed by atoms with van der Waals surface area (Å²) in [5.74, 6) is 1.28. The molecule has 1 aliphatic carbocycles. The highest BCUT2D eigenvalue weighted by molar-refractivity contribution is 4.92. The first-order valence-corrected chi connectivity index (χ1v) is 8.09. The van der Waals surface area contributed by atoms with Crippen LogP contribution in [0.1, 0.15) is 71.6 Å². The van der Waals surface area contributed by atoms with E-state index in [1.54, 1.807) is 0 Å². The molecule has 0 amide bonds. The number of hydrogen-bond acceptors (Lipinski definition) is 2. The molecule has 0 aromatic heterocycles. The van der Waals surface area contributed by atoms with Crippen molar-refractivity contribution in [1.29, 1.82) is 0 Å². The van der Waals surface area contributed by atoms with Crippen molar-refractivity contribution in [2.75, 3.05) is 6.54 Å². The van der Waals surface area contributed by atoms with E-state index in [2.05, 4.69) is 19.2 Å². The van der Waals surface area contributed by atoms with Gasteiger partial charge in [0.2, 0.25) is 0 Å². The Morgan fingerprint density at radius 3 is 2.50 bits per heavy atom. The van der Waals surface area contributed by atoms with E-state index in [0.717, 1.165) is 18.9 Å². The third-order valence-corrected chi connectivity index (χ3v) is 5.30. The molecule has 4 atom stereocenters. The highest BCUT2D eigenvalue weighted by Gasteiger charge is 2.39. The van der Waals surface area contributed by atoms with E-state index in [1.165, 1.54) is 51.4 Å². The number of hydrogen-bond donors (Lipinski definition) is 2. The second kappa shape index (κ2) is 6.38. The highest BCUT2D eigenvalue weighted by Crippen LogP contribution is 2.41. The Bertz CT molecular complexity index is 245. The molecule has 2 aliphatic rings. The van der Waals surface area contributed by atoms with Crippen molar-refractivity contribution in [2.45, 2.75) is 83.3 Å². The number of nitrogens with one attached hydrogen (secondary N) is 1. The fourth-order valence-corrected chi connectivity index (χ4v) is 4.26. The fourth-order valence-electron chi connectivity index (χ4n) is 4.26. The maximum atomic E-state index is 11.0. The van der Waals surface area contributed by atoms with Crippen molar-refractivity contribution in [3.8, 4) is 0 Å². The molecule has 4 unspecified atom stereocenters. The van der Waals surface area contributed by atoms with Gasteiger partial charge in [-0.2, -0.15) is 0 Å². The zero-order valence-corrected chi connectivity index (χ0v) is 12.3. The molecule has 2 heteroatoms. The lowest BCUT2D eigenvalue weighted by atomic mass is 9.67. The van der Waals surface area contributed by atoms with Crippen LogP contribution >= 0.6 is 0 Å². The van der Waals surface area contributed by atoms with Crippen LogP contribution in [0.5, 0.6) is 0 Å². The molecule has 0 bridgehead atoms. The van der Waals surface area contributed by atoms with Crippen molar-refractivity contribution in [1.82, 2.24) is 5.32 Å². The van der Waals surface area contributed by atoms with Gasteiger partial charge in [0.25, 0.3) is 0 Å². The fraction of sp³-hybridized carbons (Fsp3) is 1.00. The maximum absolute atomic E-state index is 11.0. The third-order valence-electron chi connectivity index (χ3n) is 5.30. The summed E-state index contributed by atoms with van der Waals surface area (Å²) in [4.78, 5) is 0. The smallest absolute Gasteiger partial charge is 0.0665 e. The summed E-state index contributed by atoms with van der Waals surface area (Å²) in [5.41, 5.74) is -0.462. The Morgan fingerprint density at radius 1 is 1.11 bits per heavy atom. The van der Waals surface area contributed by atoms with Gasteiger partial charge in [-0.3, -0.25) is 0 Å². The second-order valence-electron chi connectivity index (χ2n) is 6.77. The molecule has 2 N–H and O–H groups in total. The lowest BCUT2D eigenvalue weighted by molar-refractivity contribution is -0.0573. The zero-order chi connectivity index (χ0) is 13.0. The van der Waals surface area contributed by atoms with Crippen LogP contribution in [0.15, 0.2) is 0 Å². The molecule has 0 aromatic carbocycles. The molecule has 1 aliphatic heterocycles. The Balaban J connectivity index is 1.94. The Morgan fingerprint density at radius 2 is 1.83 bits per heavy atom. The number of piperidine rings is 1. The quantitative estimate of drug-likeness (QED) is 0.804. The molecule has 2 nitrogen and oxygen atoms in total. The van der Waals surface area contributed by atoms with Crippen molar-refractivity contribution in [3.05, 3.63) is 0 Å². The highest BCUT2D eigenvalue weighted by atomic mass is 16.3. The van der Waals surface area contributed by atoms with Crippen LogP contribution in [0.2, 0.25) is 0 Å². The molecule has 1 saturated carbocycles. The average Bonchev–Trinajstić information content (AvgIpc) is 2.39. The van der Waals surface area contributed by atoms with Gasteiger partial charge in [0.15, 0.2) is 0 Å². The normalized spacial score (nSPS) is 37.2. The van der Waals surface area contributed by atoms with Crippen LogP contribution in [0.4, 0.5) is 0 Å². The SMILES string of the molecule is CCC1CCCCC1C(C)(O)CC1CCCCN1. The van der Waals surface area contributed by atoms with Crippen molar-refractivity contribution >= 4 is 0 Å². The van der Waals surface area contributed by atoms with Gasteiger partial charge in [0.1, 0.15) is 0 Å². The van der Waals surface area contributed by atoms with E-state index >= 15 is 0 Å². The van der Waals surface area contributed by atoms with E-state index < -0.39 is 5.60 Å². The molecular formula is C16H31NO. The van der Waals surface area contributed by atoms with Crippen LogP contribution in [0.25, 0.3) is 0 Å². The summed E-state index contributed by atoms with van der Waals surface area (Å²) in [7, 11) is 0. The minimum Gasteiger partial charge on any atom is -0.390 e. The third kappa shape index (κ3) is 3.48. The first-order chi connectivity index (χ1) is 8.63. The van der Waals surface area contributed by atoms with Crippen molar-refractivity contribution in [3.63, 3.8) is 0 Å². The van der Waals surface area contributed by atoms with Crippen molar-refractivity contribution < 1.29 is 5.11 Å². The van der Waals surface area contributed by atoms with E-state index in [4.69, 9.17) is 0 Å². The molecule has 2 fully saturated rings. The summed E-state index contributed by atoms with van der Waals surface area (Å²) in [6, 6.07) is 0.549. The summed E-state index contributed by atoms with van der Waals surface area (Å²) in [6.45, 7) is 5.53. The molecule has 0 aromatic rings. The Hall–Kier alpha value is -0.0800. The van der Waals surface area contributed by atoms with Crippen LogP contribution in [-0.2, 0) is 0 Å². The lowest BCUT2D eigenvalue weighted by Crippen LogP contribution is -2.47. The van der Waals surface area contributed by atoms with E-state index in [0.29, 0.717) is 12.0 Å². The molecular weight excluding hydrogens is 222 g/mol. The molecule has 18 heavy (non-hydrogen) atoms. The number of aliphatic hydroxyl groups is 1. The summed E-state index contributed by atoms with van der Waals surface area (Å²) in [6.07, 6.45) is 11.3. The number of rotatable bonds is 4. The summed E-state index contributed by atoms with van der Waals surface area (Å²) >= 11 is 0. The van der Waals surface area contributed by atoms with Crippen molar-refractivity contribution in [2.24, 2.45) is 11.8 Å². The first-order valence-electron chi connectivity index (χ1n) is 8.09. The average molecular weight is 253 g/mol. The van der Waals surface area contributed by atoms with Gasteiger partial charge in [-0.15, -0.1) is 0 Å². The first kappa shape index (κ1) is 14.3. The van der Waals surface area contributed by atoms with Crippen LogP contribution < -0.4 is 5.32 Å². The standard InChI is InChI=1S/C16H31NO/c1-3-13-8-4-5-10-15(13)16(2,18)12-14-9-6-7-11-17-14/h13-15,17-18H,3-12H2,1-2H3. The minimum absolute atomic E-state index is 0.462. The Labute approximate surface area is 113 Å². The Kier molecular flexibility index (Phi) is 5.08. The molecule has 106 valence electrons. The van der Waals surface area contributed by atoms with Gasteiger partial charge < -0.3 is 10.4 Å². The maximum Gasteiger partial charge on any atom is 0.0665 e. The molecule has 0 radical (unpaired) electrons. The minimum atomic E-state index is -0.462. The molecule has 1 saturated heterocycles. The monoisotopic (exact) mass is 253 g/mol. The van der Waals surface area contributed by atoms with Crippen LogP contribution in [0.3, 0.4) is 0 Å². The topological polar surface area (TPSA) is 32.3 Å². The van der Waals surface area contributed by atoms with E-state index in [9.17, 15) is 5.11 Å². The van der Waals surface area contributed by atoms with E-state index in [1.807, 2.05) is 0 Å². The van der Waals surface area contributed by atoms with E-state index in [-0.39, 0.29) is 0 Å². The summed E-state index contributed by atoms with van der Waals surface area (Å²) in [5, 5.41) is 14.5. The van der Waals surface area contributed by atoms with Crippen LogP contribution in [0, 0.1) is 11.8 Å². The molecule has 1 heterocycles. The van der Waals surface area contributed by atoms with Crippen LogP contribution in [-0.4, -0.2) is 23.3 Å². The van der Waals surface area contributed by atoms with Gasteiger partial charge >= 0.3 is 0 Å². The predicted octanol–water partition coefficient (Wildman–Crippen LogP) is 3.49. The van der Waals surface area contributed by atoms with Gasteiger partial charge in [-0.05, 0) is 51.0 Å². The lowest BCUT2D eigenvalue weighted by Gasteiger charge is -2.43. The molecule has 0 spiro atoms. The second-order valence-corrected chi connectivity index (χ2v) is 6.77. The van der Waals surface area contributed by atoms with Gasteiger partial charge in [-0.25, -0.2) is 0 Å². The van der Waals surface area contributed by atoms with Gasteiger partial charge in [0.05, 0.1) is 5.60 Å². The summed E-state index contributed by atoms with van der Waals surface area (Å²) < 4.78 is 0. The zero-order valence-electron chi connectivity index (χ0n) is 12.3. The largest absolute Gasteiger partial charge is 0.390 e.